The smallest absolute Gasteiger partial charge is 0.171 e. The quantitative estimate of drug-likeness (QED) is 0.575. The van der Waals surface area contributed by atoms with Crippen molar-refractivity contribution in [3.8, 4) is 0 Å². The number of amidine groups is 1. The SMILES string of the molecule is NN1CNN=C1c1ccccc1. The molecule has 0 saturated heterocycles. The Morgan fingerprint density at radius 2 is 2.08 bits per heavy atom. The second-order valence-corrected chi connectivity index (χ2v) is 2.59. The molecule has 0 fully saturated rings. The Morgan fingerprint density at radius 3 is 2.67 bits per heavy atom. The number of rotatable bonds is 1. The number of nitrogens with zero attached hydrogens (tertiary/aromatic N) is 2. The van der Waals surface area contributed by atoms with Gasteiger partial charge in [0, 0.05) is 5.56 Å². The summed E-state index contributed by atoms with van der Waals surface area (Å²) < 4.78 is 0. The third-order valence-electron chi connectivity index (χ3n) is 1.73. The molecule has 0 aliphatic carbocycles. The second-order valence-electron chi connectivity index (χ2n) is 2.59. The van der Waals surface area contributed by atoms with Crippen LogP contribution >= 0.6 is 0 Å². The summed E-state index contributed by atoms with van der Waals surface area (Å²) in [5.74, 6) is 6.44. The van der Waals surface area contributed by atoms with Crippen LogP contribution in [-0.4, -0.2) is 17.5 Å². The number of hydrazine groups is 1. The third-order valence-corrected chi connectivity index (χ3v) is 1.73. The molecule has 1 aromatic carbocycles. The van der Waals surface area contributed by atoms with Gasteiger partial charge in [0.1, 0.15) is 6.67 Å². The van der Waals surface area contributed by atoms with Gasteiger partial charge in [-0.3, -0.25) is 10.4 Å². The lowest BCUT2D eigenvalue weighted by Gasteiger charge is -2.10. The topological polar surface area (TPSA) is 53.6 Å². The van der Waals surface area contributed by atoms with Crippen molar-refractivity contribution in [1.82, 2.24) is 10.4 Å². The molecule has 2 rings (SSSR count). The number of nitrogens with one attached hydrogen (secondary N) is 1. The fourth-order valence-corrected chi connectivity index (χ4v) is 1.14. The van der Waals surface area contributed by atoms with Crippen molar-refractivity contribution >= 4 is 5.84 Å². The molecule has 62 valence electrons. The Balaban J connectivity index is 2.31. The van der Waals surface area contributed by atoms with Gasteiger partial charge in [0.25, 0.3) is 0 Å². The normalized spacial score (nSPS) is 15.8. The largest absolute Gasteiger partial charge is 0.287 e. The van der Waals surface area contributed by atoms with Gasteiger partial charge in [-0.05, 0) is 0 Å². The molecule has 0 saturated carbocycles. The lowest BCUT2D eigenvalue weighted by atomic mass is 10.2. The summed E-state index contributed by atoms with van der Waals surface area (Å²) in [7, 11) is 0. The molecule has 0 radical (unpaired) electrons. The molecule has 12 heavy (non-hydrogen) atoms. The van der Waals surface area contributed by atoms with Gasteiger partial charge in [-0.15, -0.1) is 0 Å². The molecule has 0 bridgehead atoms. The molecule has 1 heterocycles. The third kappa shape index (κ3) is 1.12. The maximum absolute atomic E-state index is 5.65. The lowest BCUT2D eigenvalue weighted by molar-refractivity contribution is 0.446. The molecule has 0 atom stereocenters. The van der Waals surface area contributed by atoms with Gasteiger partial charge < -0.3 is 0 Å². The fourth-order valence-electron chi connectivity index (χ4n) is 1.14. The van der Waals surface area contributed by atoms with E-state index in [2.05, 4.69) is 10.5 Å². The highest BCUT2D eigenvalue weighted by molar-refractivity contribution is 5.98. The first-order chi connectivity index (χ1) is 5.88. The van der Waals surface area contributed by atoms with Gasteiger partial charge in [-0.2, -0.15) is 5.10 Å². The van der Waals surface area contributed by atoms with Crippen LogP contribution in [0.3, 0.4) is 0 Å². The van der Waals surface area contributed by atoms with E-state index < -0.39 is 0 Å². The summed E-state index contributed by atoms with van der Waals surface area (Å²) in [5.41, 5.74) is 3.84. The average molecular weight is 162 g/mol. The van der Waals surface area contributed by atoms with Crippen LogP contribution in [-0.2, 0) is 0 Å². The standard InChI is InChI=1S/C8H10N4/c9-12-6-10-11-8(12)7-4-2-1-3-5-7/h1-5,10H,6,9H2. The zero-order valence-corrected chi connectivity index (χ0v) is 6.57. The Labute approximate surface area is 70.6 Å². The monoisotopic (exact) mass is 162 g/mol. The minimum atomic E-state index is 0.574. The highest BCUT2D eigenvalue weighted by atomic mass is 15.6. The van der Waals surface area contributed by atoms with Crippen molar-refractivity contribution in [2.45, 2.75) is 0 Å². The van der Waals surface area contributed by atoms with Crippen molar-refractivity contribution in [2.24, 2.45) is 10.9 Å². The Kier molecular flexibility index (Phi) is 1.68. The summed E-state index contributed by atoms with van der Waals surface area (Å²) in [5, 5.41) is 5.63. The van der Waals surface area contributed by atoms with Crippen LogP contribution in [0, 0.1) is 0 Å². The predicted molar refractivity (Wildman–Crippen MR) is 47.0 cm³/mol. The predicted octanol–water partition coefficient (Wildman–Crippen LogP) is 0.0846. The number of benzene rings is 1. The van der Waals surface area contributed by atoms with Gasteiger partial charge in [-0.1, -0.05) is 30.3 Å². The van der Waals surface area contributed by atoms with Crippen LogP contribution in [0.5, 0.6) is 0 Å². The van der Waals surface area contributed by atoms with Crippen molar-refractivity contribution in [2.75, 3.05) is 6.67 Å². The van der Waals surface area contributed by atoms with Gasteiger partial charge in [0.2, 0.25) is 0 Å². The maximum Gasteiger partial charge on any atom is 0.171 e. The molecule has 4 nitrogen and oxygen atoms in total. The van der Waals surface area contributed by atoms with E-state index in [1.807, 2.05) is 30.3 Å². The van der Waals surface area contributed by atoms with Crippen LogP contribution in [0.1, 0.15) is 5.56 Å². The molecule has 0 spiro atoms. The summed E-state index contributed by atoms with van der Waals surface area (Å²) in [6.07, 6.45) is 0. The first kappa shape index (κ1) is 7.12. The Bertz CT molecular complexity index is 293. The number of hydrazone groups is 1. The van der Waals surface area contributed by atoms with E-state index in [0.717, 1.165) is 11.4 Å². The van der Waals surface area contributed by atoms with Crippen molar-refractivity contribution < 1.29 is 0 Å². The van der Waals surface area contributed by atoms with Gasteiger partial charge in [0.05, 0.1) is 0 Å². The van der Waals surface area contributed by atoms with Gasteiger partial charge in [-0.25, -0.2) is 5.84 Å². The molecule has 1 aliphatic rings. The summed E-state index contributed by atoms with van der Waals surface area (Å²) in [4.78, 5) is 0. The average Bonchev–Trinajstić information content (AvgIpc) is 2.53. The minimum absolute atomic E-state index is 0.574. The van der Waals surface area contributed by atoms with Crippen LogP contribution in [0.2, 0.25) is 0 Å². The van der Waals surface area contributed by atoms with Gasteiger partial charge in [0.15, 0.2) is 5.84 Å². The Morgan fingerprint density at radius 1 is 1.33 bits per heavy atom. The first-order valence-electron chi connectivity index (χ1n) is 3.76. The van der Waals surface area contributed by atoms with E-state index in [9.17, 15) is 0 Å². The Hall–Kier alpha value is -1.55. The fraction of sp³-hybridized carbons (Fsp3) is 0.125. The molecular formula is C8H10N4. The molecule has 4 heteroatoms. The highest BCUT2D eigenvalue weighted by Gasteiger charge is 2.13. The van der Waals surface area contributed by atoms with E-state index in [-0.39, 0.29) is 0 Å². The molecule has 1 aliphatic heterocycles. The van der Waals surface area contributed by atoms with E-state index in [1.165, 1.54) is 0 Å². The van der Waals surface area contributed by atoms with Crippen LogP contribution in [0.25, 0.3) is 0 Å². The lowest BCUT2D eigenvalue weighted by Crippen LogP contribution is -2.36. The maximum atomic E-state index is 5.65. The highest BCUT2D eigenvalue weighted by Crippen LogP contribution is 2.04. The zero-order chi connectivity index (χ0) is 8.39. The van der Waals surface area contributed by atoms with E-state index in [1.54, 1.807) is 5.01 Å². The molecule has 0 unspecified atom stereocenters. The zero-order valence-electron chi connectivity index (χ0n) is 6.57. The van der Waals surface area contributed by atoms with Crippen molar-refractivity contribution in [3.63, 3.8) is 0 Å². The molecule has 1 aromatic rings. The summed E-state index contributed by atoms with van der Waals surface area (Å²) in [6, 6.07) is 9.85. The van der Waals surface area contributed by atoms with Crippen LogP contribution < -0.4 is 11.3 Å². The first-order valence-corrected chi connectivity index (χ1v) is 3.76. The molecule has 0 amide bonds. The number of nitrogens with two attached hydrogens (primary N) is 1. The number of hydrogen-bond donors (Lipinski definition) is 2. The van der Waals surface area contributed by atoms with Crippen molar-refractivity contribution in [1.29, 1.82) is 0 Å². The summed E-state index contributed by atoms with van der Waals surface area (Å²) in [6.45, 7) is 0.574. The molecular weight excluding hydrogens is 152 g/mol. The summed E-state index contributed by atoms with van der Waals surface area (Å²) >= 11 is 0. The van der Waals surface area contributed by atoms with E-state index in [4.69, 9.17) is 5.84 Å². The van der Waals surface area contributed by atoms with E-state index >= 15 is 0 Å². The molecule has 3 N–H and O–H groups in total. The van der Waals surface area contributed by atoms with Crippen LogP contribution in [0.15, 0.2) is 35.4 Å². The minimum Gasteiger partial charge on any atom is -0.287 e. The van der Waals surface area contributed by atoms with E-state index in [0.29, 0.717) is 6.67 Å². The molecule has 0 aromatic heterocycles. The second kappa shape index (κ2) is 2.83. The van der Waals surface area contributed by atoms with Gasteiger partial charge >= 0.3 is 0 Å². The van der Waals surface area contributed by atoms with Crippen molar-refractivity contribution in [3.05, 3.63) is 35.9 Å². The number of hydrogen-bond acceptors (Lipinski definition) is 4. The van der Waals surface area contributed by atoms with Crippen LogP contribution in [0.4, 0.5) is 0 Å².